The lowest BCUT2D eigenvalue weighted by molar-refractivity contribution is 1.06. The number of aromatic amines is 1. The maximum atomic E-state index is 8.21. The van der Waals surface area contributed by atoms with Crippen LogP contribution in [0.3, 0.4) is 0 Å². The van der Waals surface area contributed by atoms with Crippen molar-refractivity contribution in [3.8, 4) is 0 Å². The molecule has 0 aliphatic rings. The van der Waals surface area contributed by atoms with Crippen LogP contribution in [-0.2, 0) is 6.54 Å². The molecule has 70 valence electrons. The summed E-state index contributed by atoms with van der Waals surface area (Å²) in [6.07, 6.45) is 1.83. The van der Waals surface area contributed by atoms with Crippen molar-refractivity contribution >= 4 is 22.5 Å². The summed E-state index contributed by atoms with van der Waals surface area (Å²) in [4.78, 5) is 5.80. The normalized spacial score (nSPS) is 10.1. The molecule has 1 aromatic heterocycles. The molecule has 1 aromatic carbocycles. The Bertz CT molecular complexity index is 511. The molecule has 4 nitrogen and oxygen atoms in total. The summed E-state index contributed by atoms with van der Waals surface area (Å²) in [5, 5.41) is 5.20. The van der Waals surface area contributed by atoms with Crippen LogP contribution in [0.5, 0.6) is 0 Å². The van der Waals surface area contributed by atoms with Crippen molar-refractivity contribution in [2.45, 2.75) is 6.54 Å². The van der Waals surface area contributed by atoms with Crippen molar-refractivity contribution in [3.05, 3.63) is 45.4 Å². The van der Waals surface area contributed by atoms with Gasteiger partial charge in [0.05, 0.1) is 6.54 Å². The van der Waals surface area contributed by atoms with E-state index in [4.69, 9.17) is 17.1 Å². The third-order valence-electron chi connectivity index (χ3n) is 2.03. The van der Waals surface area contributed by atoms with Gasteiger partial charge in [-0.25, -0.2) is 0 Å². The van der Waals surface area contributed by atoms with Crippen LogP contribution in [0, 0.1) is 0 Å². The minimum absolute atomic E-state index is 0.344. The number of hydrogen-bond acceptors (Lipinski definition) is 1. The van der Waals surface area contributed by atoms with E-state index in [1.54, 1.807) is 0 Å². The van der Waals surface area contributed by atoms with E-state index >= 15 is 0 Å². The number of nitrogens with zero attached hydrogens (tertiary/aromatic N) is 3. The summed E-state index contributed by atoms with van der Waals surface area (Å²) < 4.78 is 0. The van der Waals surface area contributed by atoms with E-state index in [2.05, 4.69) is 15.0 Å². The largest absolute Gasteiger partial charge is 0.361 e. The summed E-state index contributed by atoms with van der Waals surface area (Å²) >= 11 is 5.86. The van der Waals surface area contributed by atoms with Gasteiger partial charge < -0.3 is 4.98 Å². The Morgan fingerprint density at radius 3 is 3.14 bits per heavy atom. The number of fused-ring (bicyclic) bond motifs is 1. The summed E-state index contributed by atoms with van der Waals surface area (Å²) in [5.74, 6) is 0. The molecule has 0 radical (unpaired) electrons. The van der Waals surface area contributed by atoms with Crippen LogP contribution in [-0.4, -0.2) is 4.98 Å². The van der Waals surface area contributed by atoms with Crippen LogP contribution in [0.15, 0.2) is 29.5 Å². The van der Waals surface area contributed by atoms with Gasteiger partial charge in [-0.3, -0.25) is 0 Å². The monoisotopic (exact) mass is 206 g/mol. The highest BCUT2D eigenvalue weighted by Gasteiger charge is 2.02. The van der Waals surface area contributed by atoms with Gasteiger partial charge in [0.15, 0.2) is 0 Å². The number of hydrogen-bond donors (Lipinski definition) is 1. The average molecular weight is 207 g/mol. The molecule has 0 amide bonds. The van der Waals surface area contributed by atoms with Gasteiger partial charge >= 0.3 is 0 Å². The van der Waals surface area contributed by atoms with Crippen molar-refractivity contribution < 1.29 is 0 Å². The molecule has 0 aliphatic heterocycles. The van der Waals surface area contributed by atoms with Gasteiger partial charge in [-0.2, -0.15) is 0 Å². The van der Waals surface area contributed by atoms with Crippen molar-refractivity contribution in [2.24, 2.45) is 5.11 Å². The second kappa shape index (κ2) is 3.62. The van der Waals surface area contributed by atoms with Gasteiger partial charge in [0.1, 0.15) is 0 Å². The molecule has 1 N–H and O–H groups in total. The van der Waals surface area contributed by atoms with Crippen LogP contribution in [0.1, 0.15) is 5.56 Å². The molecular weight excluding hydrogens is 200 g/mol. The molecule has 2 aromatic rings. The van der Waals surface area contributed by atoms with E-state index in [9.17, 15) is 0 Å². The highest BCUT2D eigenvalue weighted by molar-refractivity contribution is 6.31. The number of halogens is 1. The Balaban J connectivity index is 2.54. The average Bonchev–Trinajstić information content (AvgIpc) is 2.57. The fourth-order valence-corrected chi connectivity index (χ4v) is 1.56. The van der Waals surface area contributed by atoms with E-state index in [0.717, 1.165) is 16.5 Å². The first-order valence-corrected chi connectivity index (χ1v) is 4.45. The van der Waals surface area contributed by atoms with Crippen molar-refractivity contribution in [1.82, 2.24) is 4.98 Å². The van der Waals surface area contributed by atoms with E-state index in [0.29, 0.717) is 11.6 Å². The fourth-order valence-electron chi connectivity index (χ4n) is 1.39. The Kier molecular flexibility index (Phi) is 2.31. The maximum Gasteiger partial charge on any atom is 0.0531 e. The lowest BCUT2D eigenvalue weighted by atomic mass is 10.2. The number of rotatable bonds is 2. The topological polar surface area (TPSA) is 64.6 Å². The van der Waals surface area contributed by atoms with Gasteiger partial charge in [0.2, 0.25) is 0 Å². The first-order valence-electron chi connectivity index (χ1n) is 4.07. The van der Waals surface area contributed by atoms with Crippen LogP contribution < -0.4 is 0 Å². The highest BCUT2D eigenvalue weighted by Crippen LogP contribution is 2.22. The third kappa shape index (κ3) is 1.53. The number of H-pyrrole nitrogens is 1. The molecule has 0 atom stereocenters. The lowest BCUT2D eigenvalue weighted by Crippen LogP contribution is -1.75. The highest BCUT2D eigenvalue weighted by atomic mass is 35.5. The predicted molar refractivity (Wildman–Crippen MR) is 56.2 cm³/mol. The van der Waals surface area contributed by atoms with E-state index < -0.39 is 0 Å². The van der Waals surface area contributed by atoms with Crippen LogP contribution in [0.4, 0.5) is 0 Å². The van der Waals surface area contributed by atoms with E-state index in [1.165, 1.54) is 0 Å². The molecule has 14 heavy (non-hydrogen) atoms. The Morgan fingerprint density at radius 1 is 1.50 bits per heavy atom. The number of benzene rings is 1. The van der Waals surface area contributed by atoms with Gasteiger partial charge in [-0.15, -0.1) is 0 Å². The fraction of sp³-hybridized carbons (Fsp3) is 0.111. The summed E-state index contributed by atoms with van der Waals surface area (Å²) in [6, 6.07) is 5.57. The first kappa shape index (κ1) is 8.94. The van der Waals surface area contributed by atoms with Crippen LogP contribution in [0.2, 0.25) is 5.02 Å². The lowest BCUT2D eigenvalue weighted by Gasteiger charge is -1.93. The zero-order valence-electron chi connectivity index (χ0n) is 7.24. The van der Waals surface area contributed by atoms with Crippen LogP contribution >= 0.6 is 11.6 Å². The number of nitrogens with one attached hydrogen (secondary N) is 1. The predicted octanol–water partition coefficient (Wildman–Crippen LogP) is 3.63. The standard InChI is InChI=1S/C9H7ClN4/c10-7-1-2-9-8(3-7)6(4-12-9)5-13-14-11/h1-4,12H,5H2. The van der Waals surface area contributed by atoms with E-state index in [-0.39, 0.29) is 0 Å². The SMILES string of the molecule is [N-]=[N+]=NCc1c[nH]c2ccc(Cl)cc12. The Morgan fingerprint density at radius 2 is 2.36 bits per heavy atom. The Hall–Kier alpha value is -1.64. The molecule has 0 saturated carbocycles. The second-order valence-electron chi connectivity index (χ2n) is 2.89. The molecule has 0 fully saturated rings. The molecule has 0 aliphatic carbocycles. The maximum absolute atomic E-state index is 8.21. The van der Waals surface area contributed by atoms with Gasteiger partial charge in [0, 0.05) is 27.0 Å². The van der Waals surface area contributed by atoms with Gasteiger partial charge in [-0.1, -0.05) is 16.7 Å². The smallest absolute Gasteiger partial charge is 0.0531 e. The van der Waals surface area contributed by atoms with E-state index in [1.807, 2.05) is 24.4 Å². The van der Waals surface area contributed by atoms with Crippen molar-refractivity contribution in [2.75, 3.05) is 0 Å². The van der Waals surface area contributed by atoms with Crippen molar-refractivity contribution in [3.63, 3.8) is 0 Å². The number of azide groups is 1. The molecule has 5 heteroatoms. The minimum Gasteiger partial charge on any atom is -0.361 e. The molecule has 0 bridgehead atoms. The molecule has 0 saturated heterocycles. The molecular formula is C9H7ClN4. The summed E-state index contributed by atoms with van der Waals surface area (Å²) in [5.41, 5.74) is 10.2. The molecule has 0 spiro atoms. The first-order chi connectivity index (χ1) is 6.81. The summed E-state index contributed by atoms with van der Waals surface area (Å²) in [7, 11) is 0. The molecule has 2 rings (SSSR count). The van der Waals surface area contributed by atoms with Gasteiger partial charge in [-0.05, 0) is 29.3 Å². The molecule has 1 heterocycles. The third-order valence-corrected chi connectivity index (χ3v) is 2.27. The molecule has 0 unspecified atom stereocenters. The quantitative estimate of drug-likeness (QED) is 0.443. The summed E-state index contributed by atoms with van der Waals surface area (Å²) in [6.45, 7) is 0.344. The minimum atomic E-state index is 0.344. The van der Waals surface area contributed by atoms with Crippen LogP contribution in [0.25, 0.3) is 21.3 Å². The Labute approximate surface area is 85.1 Å². The number of aromatic nitrogens is 1. The zero-order chi connectivity index (χ0) is 9.97. The second-order valence-corrected chi connectivity index (χ2v) is 3.33. The zero-order valence-corrected chi connectivity index (χ0v) is 7.99. The van der Waals surface area contributed by atoms with Crippen molar-refractivity contribution in [1.29, 1.82) is 0 Å². The van der Waals surface area contributed by atoms with Gasteiger partial charge in [0.25, 0.3) is 0 Å².